The predicted octanol–water partition coefficient (Wildman–Crippen LogP) is 3.93. The molecule has 9 heteroatoms. The number of hydrogen-bond acceptors (Lipinski definition) is 6. The first-order valence-corrected chi connectivity index (χ1v) is 11.9. The summed E-state index contributed by atoms with van der Waals surface area (Å²) < 4.78 is 5.71. The summed E-state index contributed by atoms with van der Waals surface area (Å²) >= 11 is 0. The summed E-state index contributed by atoms with van der Waals surface area (Å²) in [5.74, 6) is 1.26. The summed E-state index contributed by atoms with van der Waals surface area (Å²) in [6.07, 6.45) is 10.4. The molecule has 0 atom stereocenters. The van der Waals surface area contributed by atoms with Crippen LogP contribution in [0.5, 0.6) is 0 Å². The molecule has 4 aromatic heterocycles. The van der Waals surface area contributed by atoms with E-state index >= 15 is 0 Å². The molecule has 5 aromatic rings. The lowest BCUT2D eigenvalue weighted by molar-refractivity contribution is 0.660. The quantitative estimate of drug-likeness (QED) is 0.409. The van der Waals surface area contributed by atoms with Crippen molar-refractivity contribution in [2.45, 2.75) is 32.7 Å². The molecule has 9 nitrogen and oxygen atoms in total. The standard InChI is InChI=1S/C26H27N9/c1-4-35-16-20(15-28-35)18-7-5-6-17(12-18)13-22-24-21(31-34(22)3)9-8-19-14-27-26(30-25(19)24)29-23-10-11-33(2)32-23/h5-7,10-12,14-16H,4,8-9,13H2,1-3H3,(H,27,29,30,32). The molecule has 0 fully saturated rings. The van der Waals surface area contributed by atoms with Crippen LogP contribution in [0.15, 0.2) is 55.1 Å². The number of benzene rings is 1. The Morgan fingerprint density at radius 1 is 1.03 bits per heavy atom. The average Bonchev–Trinajstić information content (AvgIpc) is 3.58. The normalized spacial score (nSPS) is 12.4. The van der Waals surface area contributed by atoms with E-state index in [-0.39, 0.29) is 0 Å². The first kappa shape index (κ1) is 21.3. The highest BCUT2D eigenvalue weighted by Gasteiger charge is 2.26. The SMILES string of the molecule is CCn1cc(-c2cccc(Cc3c4c(nn3C)CCc3cnc(Nc5ccn(C)n5)nc3-4)c2)cn1. The van der Waals surface area contributed by atoms with Crippen LogP contribution < -0.4 is 5.32 Å². The van der Waals surface area contributed by atoms with Gasteiger partial charge in [-0.05, 0) is 36.5 Å². The van der Waals surface area contributed by atoms with E-state index in [0.29, 0.717) is 5.95 Å². The maximum absolute atomic E-state index is 4.92. The Morgan fingerprint density at radius 3 is 2.74 bits per heavy atom. The van der Waals surface area contributed by atoms with E-state index in [2.05, 4.69) is 57.9 Å². The molecule has 0 unspecified atom stereocenters. The zero-order chi connectivity index (χ0) is 23.9. The van der Waals surface area contributed by atoms with Crippen molar-refractivity contribution in [2.24, 2.45) is 14.1 Å². The highest BCUT2D eigenvalue weighted by atomic mass is 15.3. The van der Waals surface area contributed by atoms with Crippen LogP contribution in [0.2, 0.25) is 0 Å². The van der Waals surface area contributed by atoms with Gasteiger partial charge in [-0.2, -0.15) is 15.3 Å². The van der Waals surface area contributed by atoms with E-state index in [0.717, 1.165) is 65.4 Å². The topological polar surface area (TPSA) is 91.3 Å². The molecule has 1 aromatic carbocycles. The van der Waals surface area contributed by atoms with Crippen molar-refractivity contribution < 1.29 is 0 Å². The van der Waals surface area contributed by atoms with E-state index in [1.54, 1.807) is 4.68 Å². The van der Waals surface area contributed by atoms with E-state index in [1.165, 1.54) is 11.1 Å². The fourth-order valence-corrected chi connectivity index (χ4v) is 4.73. The van der Waals surface area contributed by atoms with Gasteiger partial charge in [-0.15, -0.1) is 0 Å². The first-order valence-electron chi connectivity index (χ1n) is 11.9. The predicted molar refractivity (Wildman–Crippen MR) is 134 cm³/mol. The summed E-state index contributed by atoms with van der Waals surface area (Å²) in [7, 11) is 3.91. The van der Waals surface area contributed by atoms with Crippen LogP contribution in [0.1, 0.15) is 29.4 Å². The highest BCUT2D eigenvalue weighted by molar-refractivity contribution is 5.72. The Kier molecular flexibility index (Phi) is 5.17. The number of nitrogens with zero attached hydrogens (tertiary/aromatic N) is 8. The van der Waals surface area contributed by atoms with Gasteiger partial charge in [0.05, 0.1) is 23.3 Å². The van der Waals surface area contributed by atoms with Crippen molar-refractivity contribution in [1.82, 2.24) is 39.3 Å². The van der Waals surface area contributed by atoms with Crippen LogP contribution in [0.25, 0.3) is 22.4 Å². The Bertz CT molecular complexity index is 1520. The molecular formula is C26H27N9. The highest BCUT2D eigenvalue weighted by Crippen LogP contribution is 2.36. The van der Waals surface area contributed by atoms with Gasteiger partial charge in [-0.1, -0.05) is 24.3 Å². The van der Waals surface area contributed by atoms with Crippen molar-refractivity contribution in [3.8, 4) is 22.4 Å². The lowest BCUT2D eigenvalue weighted by Gasteiger charge is -2.17. The van der Waals surface area contributed by atoms with Crippen molar-refractivity contribution in [3.05, 3.63) is 77.6 Å². The van der Waals surface area contributed by atoms with Crippen LogP contribution in [-0.4, -0.2) is 39.3 Å². The lowest BCUT2D eigenvalue weighted by Crippen LogP contribution is -2.09. The van der Waals surface area contributed by atoms with E-state index in [1.807, 2.05) is 48.1 Å². The number of aryl methyl sites for hydroxylation is 5. The fraction of sp³-hybridized carbons (Fsp3) is 0.269. The number of aromatic nitrogens is 8. The molecule has 1 aliphatic rings. The molecule has 6 rings (SSSR count). The van der Waals surface area contributed by atoms with Gasteiger partial charge >= 0.3 is 0 Å². The third kappa shape index (κ3) is 3.99. The van der Waals surface area contributed by atoms with Gasteiger partial charge in [0.1, 0.15) is 0 Å². The summed E-state index contributed by atoms with van der Waals surface area (Å²) in [4.78, 5) is 9.45. The van der Waals surface area contributed by atoms with Crippen molar-refractivity contribution >= 4 is 11.8 Å². The molecule has 0 saturated heterocycles. The van der Waals surface area contributed by atoms with Crippen LogP contribution in [-0.2, 0) is 39.9 Å². The second kappa shape index (κ2) is 8.50. The monoisotopic (exact) mass is 465 g/mol. The second-order valence-electron chi connectivity index (χ2n) is 8.92. The Balaban J connectivity index is 1.35. The van der Waals surface area contributed by atoms with Crippen molar-refractivity contribution in [2.75, 3.05) is 5.32 Å². The number of anilines is 2. The molecule has 0 aliphatic heterocycles. The average molecular weight is 466 g/mol. The Morgan fingerprint density at radius 2 is 1.94 bits per heavy atom. The minimum atomic E-state index is 0.542. The molecule has 4 heterocycles. The van der Waals surface area contributed by atoms with Gasteiger partial charge in [-0.3, -0.25) is 14.0 Å². The molecule has 0 radical (unpaired) electrons. The smallest absolute Gasteiger partial charge is 0.228 e. The minimum Gasteiger partial charge on any atom is -0.307 e. The van der Waals surface area contributed by atoms with Gasteiger partial charge in [0.15, 0.2) is 5.82 Å². The lowest BCUT2D eigenvalue weighted by atomic mass is 9.91. The van der Waals surface area contributed by atoms with Crippen LogP contribution in [0.3, 0.4) is 0 Å². The Hall–Kier alpha value is -4.27. The van der Waals surface area contributed by atoms with Gasteiger partial charge in [0.2, 0.25) is 5.95 Å². The van der Waals surface area contributed by atoms with Crippen LogP contribution >= 0.6 is 0 Å². The number of fused-ring (bicyclic) bond motifs is 3. The molecule has 35 heavy (non-hydrogen) atoms. The molecule has 0 bridgehead atoms. The maximum Gasteiger partial charge on any atom is 0.228 e. The van der Waals surface area contributed by atoms with Crippen molar-refractivity contribution in [3.63, 3.8) is 0 Å². The third-order valence-corrected chi connectivity index (χ3v) is 6.51. The van der Waals surface area contributed by atoms with Gasteiger partial charge in [0, 0.05) is 62.8 Å². The van der Waals surface area contributed by atoms with Gasteiger partial charge in [0.25, 0.3) is 0 Å². The van der Waals surface area contributed by atoms with E-state index in [9.17, 15) is 0 Å². The van der Waals surface area contributed by atoms with E-state index < -0.39 is 0 Å². The maximum atomic E-state index is 4.92. The van der Waals surface area contributed by atoms with Gasteiger partial charge < -0.3 is 5.32 Å². The minimum absolute atomic E-state index is 0.542. The molecule has 0 saturated carbocycles. The molecule has 176 valence electrons. The largest absolute Gasteiger partial charge is 0.307 e. The zero-order valence-corrected chi connectivity index (χ0v) is 20.1. The Labute approximate surface area is 203 Å². The summed E-state index contributed by atoms with van der Waals surface area (Å²) in [6, 6.07) is 10.6. The van der Waals surface area contributed by atoms with Crippen LogP contribution in [0.4, 0.5) is 11.8 Å². The molecule has 0 spiro atoms. The van der Waals surface area contributed by atoms with Gasteiger partial charge in [-0.25, -0.2) is 9.97 Å². The molecular weight excluding hydrogens is 438 g/mol. The molecule has 1 aliphatic carbocycles. The first-order chi connectivity index (χ1) is 17.1. The summed E-state index contributed by atoms with van der Waals surface area (Å²) in [5, 5.41) is 16.9. The number of rotatable bonds is 6. The third-order valence-electron chi connectivity index (χ3n) is 6.51. The number of nitrogens with one attached hydrogen (secondary N) is 1. The molecule has 0 amide bonds. The van der Waals surface area contributed by atoms with Crippen LogP contribution in [0, 0.1) is 0 Å². The molecule has 1 N–H and O–H groups in total. The second-order valence-corrected chi connectivity index (χ2v) is 8.92. The zero-order valence-electron chi connectivity index (χ0n) is 20.1. The van der Waals surface area contributed by atoms with E-state index in [4.69, 9.17) is 10.1 Å². The number of hydrogen-bond donors (Lipinski definition) is 1. The summed E-state index contributed by atoms with van der Waals surface area (Å²) in [5.41, 5.74) is 9.02. The van der Waals surface area contributed by atoms with Crippen molar-refractivity contribution in [1.29, 1.82) is 0 Å². The fourth-order valence-electron chi connectivity index (χ4n) is 4.73. The summed E-state index contributed by atoms with van der Waals surface area (Å²) in [6.45, 7) is 2.96.